The maximum absolute atomic E-state index is 12.1. The molecule has 0 aromatic heterocycles. The van der Waals surface area contributed by atoms with Crippen LogP contribution in [0.15, 0.2) is 24.3 Å². The molecule has 0 radical (unpaired) electrons. The zero-order valence-corrected chi connectivity index (χ0v) is 10.5. The normalized spacial score (nSPS) is 9.95. The Balaban J connectivity index is 2.96. The third-order valence-electron chi connectivity index (χ3n) is 2.52. The molecule has 0 bridgehead atoms. The maximum Gasteiger partial charge on any atom is 0.323 e. The van der Waals surface area contributed by atoms with E-state index in [1.165, 1.54) is 6.07 Å². The standard InChI is InChI=1S/C13H15NO5/c1-2-9-4-3-5-10(6-9)13(19)14(7-11(15)16)8-12(17)18/h3-6H,2,7-8H2,1H3,(H,15,16)(H,17,18). The van der Waals surface area contributed by atoms with Gasteiger partial charge in [-0.1, -0.05) is 19.1 Å². The molecule has 0 saturated heterocycles. The quantitative estimate of drug-likeness (QED) is 0.795. The summed E-state index contributed by atoms with van der Waals surface area (Å²) >= 11 is 0. The Morgan fingerprint density at radius 3 is 2.16 bits per heavy atom. The summed E-state index contributed by atoms with van der Waals surface area (Å²) in [7, 11) is 0. The Morgan fingerprint density at radius 1 is 1.11 bits per heavy atom. The van der Waals surface area contributed by atoms with Crippen LogP contribution in [-0.2, 0) is 16.0 Å². The molecule has 0 aliphatic carbocycles. The number of carbonyl (C=O) groups is 3. The van der Waals surface area contributed by atoms with E-state index in [9.17, 15) is 14.4 Å². The minimum absolute atomic E-state index is 0.293. The number of rotatable bonds is 6. The van der Waals surface area contributed by atoms with Crippen molar-refractivity contribution in [1.82, 2.24) is 4.90 Å². The van der Waals surface area contributed by atoms with Crippen LogP contribution in [0.4, 0.5) is 0 Å². The summed E-state index contributed by atoms with van der Waals surface area (Å²) in [6, 6.07) is 6.71. The van der Waals surface area contributed by atoms with Crippen LogP contribution in [-0.4, -0.2) is 46.0 Å². The summed E-state index contributed by atoms with van der Waals surface area (Å²) in [6.45, 7) is 0.652. The summed E-state index contributed by atoms with van der Waals surface area (Å²) < 4.78 is 0. The van der Waals surface area contributed by atoms with E-state index in [0.717, 1.165) is 16.9 Å². The van der Waals surface area contributed by atoms with Crippen molar-refractivity contribution in [3.8, 4) is 0 Å². The lowest BCUT2D eigenvalue weighted by atomic mass is 10.1. The molecule has 1 amide bonds. The lowest BCUT2D eigenvalue weighted by molar-refractivity contribution is -0.140. The molecule has 1 rings (SSSR count). The summed E-state index contributed by atoms with van der Waals surface area (Å²) in [4.78, 5) is 34.2. The van der Waals surface area contributed by atoms with Crippen LogP contribution < -0.4 is 0 Å². The van der Waals surface area contributed by atoms with Crippen LogP contribution >= 0.6 is 0 Å². The maximum atomic E-state index is 12.1. The molecule has 6 heteroatoms. The van der Waals surface area contributed by atoms with E-state index in [4.69, 9.17) is 10.2 Å². The van der Waals surface area contributed by atoms with E-state index in [2.05, 4.69) is 0 Å². The van der Waals surface area contributed by atoms with Crippen molar-refractivity contribution in [1.29, 1.82) is 0 Å². The lowest BCUT2D eigenvalue weighted by Gasteiger charge is -2.18. The van der Waals surface area contributed by atoms with Crippen LogP contribution in [0.1, 0.15) is 22.8 Å². The minimum atomic E-state index is -1.25. The van der Waals surface area contributed by atoms with E-state index in [1.54, 1.807) is 12.1 Å². The fourth-order valence-corrected chi connectivity index (χ4v) is 1.63. The summed E-state index contributed by atoms with van der Waals surface area (Å²) in [5, 5.41) is 17.4. The second kappa shape index (κ2) is 6.53. The van der Waals surface area contributed by atoms with Gasteiger partial charge in [0.25, 0.3) is 5.91 Å². The van der Waals surface area contributed by atoms with E-state index in [0.29, 0.717) is 5.56 Å². The number of carboxylic acids is 2. The first kappa shape index (κ1) is 14.7. The van der Waals surface area contributed by atoms with Gasteiger partial charge in [-0.2, -0.15) is 0 Å². The number of amides is 1. The molecule has 1 aromatic rings. The van der Waals surface area contributed by atoms with Crippen molar-refractivity contribution in [3.05, 3.63) is 35.4 Å². The number of benzene rings is 1. The zero-order valence-electron chi connectivity index (χ0n) is 10.5. The molecule has 0 aliphatic heterocycles. The number of aryl methyl sites for hydroxylation is 1. The number of carboxylic acid groups (broad SMARTS) is 2. The van der Waals surface area contributed by atoms with Gasteiger partial charge in [-0.3, -0.25) is 14.4 Å². The fourth-order valence-electron chi connectivity index (χ4n) is 1.63. The molecule has 0 atom stereocenters. The summed E-state index contributed by atoms with van der Waals surface area (Å²) in [5.74, 6) is -3.09. The van der Waals surface area contributed by atoms with Crippen LogP contribution in [0.2, 0.25) is 0 Å². The predicted molar refractivity (Wildman–Crippen MR) is 67.0 cm³/mol. The van der Waals surface area contributed by atoms with Gasteiger partial charge in [0.15, 0.2) is 0 Å². The lowest BCUT2D eigenvalue weighted by Crippen LogP contribution is -2.39. The van der Waals surface area contributed by atoms with E-state index >= 15 is 0 Å². The van der Waals surface area contributed by atoms with E-state index in [1.807, 2.05) is 13.0 Å². The Bertz CT molecular complexity index is 482. The van der Waals surface area contributed by atoms with Gasteiger partial charge in [0.2, 0.25) is 0 Å². The number of carbonyl (C=O) groups excluding carboxylic acids is 1. The average molecular weight is 265 g/mol. The molecule has 0 spiro atoms. The molecule has 0 unspecified atom stereocenters. The molecule has 0 aliphatic rings. The van der Waals surface area contributed by atoms with Gasteiger partial charge in [0, 0.05) is 5.56 Å². The van der Waals surface area contributed by atoms with Gasteiger partial charge >= 0.3 is 11.9 Å². The Hall–Kier alpha value is -2.37. The highest BCUT2D eigenvalue weighted by molar-refractivity contribution is 5.97. The van der Waals surface area contributed by atoms with Gasteiger partial charge in [-0.15, -0.1) is 0 Å². The number of aliphatic carboxylic acids is 2. The summed E-state index contributed by atoms with van der Waals surface area (Å²) in [6.07, 6.45) is 0.735. The van der Waals surface area contributed by atoms with Crippen molar-refractivity contribution < 1.29 is 24.6 Å². The molecule has 102 valence electrons. The van der Waals surface area contributed by atoms with Crippen LogP contribution in [0.25, 0.3) is 0 Å². The monoisotopic (exact) mass is 265 g/mol. The smallest absolute Gasteiger partial charge is 0.323 e. The first-order valence-electron chi connectivity index (χ1n) is 5.75. The van der Waals surface area contributed by atoms with E-state index in [-0.39, 0.29) is 0 Å². The highest BCUT2D eigenvalue weighted by Gasteiger charge is 2.21. The summed E-state index contributed by atoms with van der Waals surface area (Å²) in [5.41, 5.74) is 1.22. The topological polar surface area (TPSA) is 94.9 Å². The molecule has 2 N–H and O–H groups in total. The van der Waals surface area contributed by atoms with Gasteiger partial charge in [-0.25, -0.2) is 0 Å². The molecule has 0 saturated carbocycles. The average Bonchev–Trinajstić information content (AvgIpc) is 2.36. The first-order valence-corrected chi connectivity index (χ1v) is 5.75. The molecule has 0 fully saturated rings. The molecule has 0 heterocycles. The Morgan fingerprint density at radius 2 is 1.68 bits per heavy atom. The second-order valence-electron chi connectivity index (χ2n) is 4.00. The van der Waals surface area contributed by atoms with Crippen LogP contribution in [0, 0.1) is 0 Å². The highest BCUT2D eigenvalue weighted by Crippen LogP contribution is 2.09. The second-order valence-corrected chi connectivity index (χ2v) is 4.00. The van der Waals surface area contributed by atoms with Crippen molar-refractivity contribution in [2.24, 2.45) is 0 Å². The Labute approximate surface area is 110 Å². The predicted octanol–water partition coefficient (Wildman–Crippen LogP) is 0.860. The molecule has 6 nitrogen and oxygen atoms in total. The highest BCUT2D eigenvalue weighted by atomic mass is 16.4. The molecular weight excluding hydrogens is 250 g/mol. The third kappa shape index (κ3) is 4.42. The Kier molecular flexibility index (Phi) is 5.05. The van der Waals surface area contributed by atoms with Crippen molar-refractivity contribution in [2.75, 3.05) is 13.1 Å². The third-order valence-corrected chi connectivity index (χ3v) is 2.52. The van der Waals surface area contributed by atoms with Crippen LogP contribution in [0.5, 0.6) is 0 Å². The van der Waals surface area contributed by atoms with Gasteiger partial charge in [-0.05, 0) is 24.1 Å². The van der Waals surface area contributed by atoms with Crippen molar-refractivity contribution >= 4 is 17.8 Å². The largest absolute Gasteiger partial charge is 0.480 e. The molecular formula is C13H15NO5. The fraction of sp³-hybridized carbons (Fsp3) is 0.308. The molecule has 1 aromatic carbocycles. The van der Waals surface area contributed by atoms with Crippen molar-refractivity contribution in [3.63, 3.8) is 0 Å². The van der Waals surface area contributed by atoms with Crippen molar-refractivity contribution in [2.45, 2.75) is 13.3 Å². The minimum Gasteiger partial charge on any atom is -0.480 e. The SMILES string of the molecule is CCc1cccc(C(=O)N(CC(=O)O)CC(=O)O)c1. The molecule has 19 heavy (non-hydrogen) atoms. The van der Waals surface area contributed by atoms with Gasteiger partial charge in [0.05, 0.1) is 0 Å². The number of hydrogen-bond donors (Lipinski definition) is 2. The van der Waals surface area contributed by atoms with Crippen LogP contribution in [0.3, 0.4) is 0 Å². The van der Waals surface area contributed by atoms with Gasteiger partial charge < -0.3 is 15.1 Å². The zero-order chi connectivity index (χ0) is 14.4. The number of hydrogen-bond acceptors (Lipinski definition) is 3. The number of nitrogens with zero attached hydrogens (tertiary/aromatic N) is 1. The van der Waals surface area contributed by atoms with E-state index < -0.39 is 30.9 Å². The first-order chi connectivity index (χ1) is 8.93. The van der Waals surface area contributed by atoms with Gasteiger partial charge in [0.1, 0.15) is 13.1 Å².